The summed E-state index contributed by atoms with van der Waals surface area (Å²) in [6.45, 7) is 8.11. The second-order valence-electron chi connectivity index (χ2n) is 4.02. The van der Waals surface area contributed by atoms with Gasteiger partial charge in [-0.15, -0.1) is 0 Å². The maximum atomic E-state index is 6.06. The average molecular weight is 241 g/mol. The van der Waals surface area contributed by atoms with Gasteiger partial charge in [-0.2, -0.15) is 0 Å². The van der Waals surface area contributed by atoms with Gasteiger partial charge in [0, 0.05) is 29.8 Å². The lowest BCUT2D eigenvalue weighted by atomic mass is 10.1. The molecule has 0 aliphatic heterocycles. The highest BCUT2D eigenvalue weighted by Crippen LogP contribution is 2.26. The summed E-state index contributed by atoms with van der Waals surface area (Å²) in [4.78, 5) is 2.36. The van der Waals surface area contributed by atoms with Crippen LogP contribution < -0.4 is 10.6 Å². The fraction of sp³-hybridized carbons (Fsp3) is 0.538. The Bertz CT molecular complexity index is 339. The molecule has 0 aliphatic rings. The van der Waals surface area contributed by atoms with Crippen molar-refractivity contribution in [1.29, 1.82) is 0 Å². The van der Waals surface area contributed by atoms with E-state index in [9.17, 15) is 0 Å². The van der Waals surface area contributed by atoms with Gasteiger partial charge < -0.3 is 10.6 Å². The average Bonchev–Trinajstić information content (AvgIpc) is 2.30. The second-order valence-corrected chi connectivity index (χ2v) is 4.46. The lowest BCUT2D eigenvalue weighted by Gasteiger charge is -2.31. The predicted molar refractivity (Wildman–Crippen MR) is 72.1 cm³/mol. The Balaban J connectivity index is 3.11. The van der Waals surface area contributed by atoms with Crippen LogP contribution in [-0.4, -0.2) is 12.6 Å². The Morgan fingerprint density at radius 2 is 2.06 bits per heavy atom. The molecular weight excluding hydrogens is 220 g/mol. The Kier molecular flexibility index (Phi) is 5.10. The predicted octanol–water partition coefficient (Wildman–Crippen LogP) is 3.42. The van der Waals surface area contributed by atoms with Crippen LogP contribution in [0.1, 0.15) is 32.8 Å². The van der Waals surface area contributed by atoms with E-state index in [0.717, 1.165) is 23.6 Å². The van der Waals surface area contributed by atoms with Gasteiger partial charge in [-0.3, -0.25) is 0 Å². The van der Waals surface area contributed by atoms with Gasteiger partial charge in [0.15, 0.2) is 0 Å². The summed E-state index contributed by atoms with van der Waals surface area (Å²) in [7, 11) is 0. The largest absolute Gasteiger partial charge is 0.369 e. The van der Waals surface area contributed by atoms with Crippen molar-refractivity contribution in [2.24, 2.45) is 5.73 Å². The number of benzene rings is 1. The van der Waals surface area contributed by atoms with Crippen molar-refractivity contribution in [3.05, 3.63) is 28.8 Å². The molecule has 16 heavy (non-hydrogen) atoms. The Morgan fingerprint density at radius 1 is 1.38 bits per heavy atom. The minimum Gasteiger partial charge on any atom is -0.369 e. The van der Waals surface area contributed by atoms with Gasteiger partial charge in [-0.25, -0.2) is 0 Å². The number of hydrogen-bond donors (Lipinski definition) is 1. The van der Waals surface area contributed by atoms with Crippen LogP contribution in [0, 0.1) is 0 Å². The monoisotopic (exact) mass is 240 g/mol. The number of hydrogen-bond acceptors (Lipinski definition) is 2. The zero-order valence-electron chi connectivity index (χ0n) is 10.3. The summed E-state index contributed by atoms with van der Waals surface area (Å²) in [6.07, 6.45) is 1.12. The van der Waals surface area contributed by atoms with Gasteiger partial charge in [-0.05, 0) is 38.0 Å². The van der Waals surface area contributed by atoms with E-state index in [1.807, 2.05) is 18.2 Å². The first-order valence-electron chi connectivity index (χ1n) is 5.89. The van der Waals surface area contributed by atoms with E-state index in [4.69, 9.17) is 17.3 Å². The number of rotatable bonds is 5. The van der Waals surface area contributed by atoms with Crippen LogP contribution in [0.5, 0.6) is 0 Å². The van der Waals surface area contributed by atoms with E-state index in [0.29, 0.717) is 12.6 Å². The van der Waals surface area contributed by atoms with Crippen molar-refractivity contribution in [2.75, 3.05) is 11.4 Å². The number of halogens is 1. The third-order valence-corrected chi connectivity index (χ3v) is 3.28. The van der Waals surface area contributed by atoms with E-state index in [1.165, 1.54) is 5.69 Å². The first-order valence-corrected chi connectivity index (χ1v) is 6.26. The van der Waals surface area contributed by atoms with Crippen LogP contribution in [0.3, 0.4) is 0 Å². The molecule has 0 bridgehead atoms. The van der Waals surface area contributed by atoms with Crippen molar-refractivity contribution in [2.45, 2.75) is 39.8 Å². The fourth-order valence-corrected chi connectivity index (χ4v) is 2.08. The molecule has 1 aromatic rings. The Labute approximate surface area is 103 Å². The number of anilines is 1. The second kappa shape index (κ2) is 6.12. The van der Waals surface area contributed by atoms with Crippen LogP contribution >= 0.6 is 11.6 Å². The zero-order chi connectivity index (χ0) is 12.1. The van der Waals surface area contributed by atoms with Gasteiger partial charge in [-0.1, -0.05) is 24.6 Å². The quantitative estimate of drug-likeness (QED) is 0.855. The molecule has 0 spiro atoms. The van der Waals surface area contributed by atoms with E-state index in [-0.39, 0.29) is 0 Å². The smallest absolute Gasteiger partial charge is 0.0429 e. The molecule has 2 N–H and O–H groups in total. The van der Waals surface area contributed by atoms with E-state index in [1.54, 1.807) is 0 Å². The van der Waals surface area contributed by atoms with Crippen LogP contribution in [0.4, 0.5) is 5.69 Å². The van der Waals surface area contributed by atoms with Crippen LogP contribution in [0.15, 0.2) is 18.2 Å². The summed E-state index contributed by atoms with van der Waals surface area (Å²) in [5.41, 5.74) is 8.10. The molecule has 3 heteroatoms. The van der Waals surface area contributed by atoms with Crippen molar-refractivity contribution in [1.82, 2.24) is 0 Å². The van der Waals surface area contributed by atoms with E-state index in [2.05, 4.69) is 25.7 Å². The molecule has 0 amide bonds. The van der Waals surface area contributed by atoms with Crippen molar-refractivity contribution in [3.63, 3.8) is 0 Å². The maximum absolute atomic E-state index is 6.06. The van der Waals surface area contributed by atoms with E-state index >= 15 is 0 Å². The molecule has 1 atom stereocenters. The van der Waals surface area contributed by atoms with Crippen molar-refractivity contribution >= 4 is 17.3 Å². The SMILES string of the molecule is CCC(C)N(CC)c1cc(Cl)ccc1CN. The highest BCUT2D eigenvalue weighted by Gasteiger charge is 2.14. The lowest BCUT2D eigenvalue weighted by Crippen LogP contribution is -2.33. The minimum absolute atomic E-state index is 0.508. The molecule has 90 valence electrons. The first-order chi connectivity index (χ1) is 7.63. The number of nitrogens with zero attached hydrogens (tertiary/aromatic N) is 1. The van der Waals surface area contributed by atoms with Gasteiger partial charge in [0.25, 0.3) is 0 Å². The normalized spacial score (nSPS) is 12.6. The summed E-state index contributed by atoms with van der Waals surface area (Å²) in [5, 5.41) is 0.772. The van der Waals surface area contributed by atoms with E-state index < -0.39 is 0 Å². The standard InChI is InChI=1S/C13H21ClN2/c1-4-10(3)16(5-2)13-8-12(14)7-6-11(13)9-15/h6-8,10H,4-5,9,15H2,1-3H3. The topological polar surface area (TPSA) is 29.3 Å². The van der Waals surface area contributed by atoms with Gasteiger partial charge in [0.1, 0.15) is 0 Å². The Morgan fingerprint density at radius 3 is 2.56 bits per heavy atom. The molecule has 1 aromatic carbocycles. The van der Waals surface area contributed by atoms with Crippen LogP contribution in [0.25, 0.3) is 0 Å². The van der Waals surface area contributed by atoms with Crippen LogP contribution in [0.2, 0.25) is 5.02 Å². The molecular formula is C13H21ClN2. The molecule has 0 saturated carbocycles. The lowest BCUT2D eigenvalue weighted by molar-refractivity contribution is 0.627. The van der Waals surface area contributed by atoms with Gasteiger partial charge in [0.05, 0.1) is 0 Å². The summed E-state index contributed by atoms with van der Waals surface area (Å²) < 4.78 is 0. The number of nitrogens with two attached hydrogens (primary N) is 1. The third-order valence-electron chi connectivity index (χ3n) is 3.04. The van der Waals surface area contributed by atoms with Gasteiger partial charge >= 0.3 is 0 Å². The summed E-state index contributed by atoms with van der Waals surface area (Å²) in [5.74, 6) is 0. The molecule has 0 aliphatic carbocycles. The first kappa shape index (κ1) is 13.3. The molecule has 0 fully saturated rings. The highest BCUT2D eigenvalue weighted by atomic mass is 35.5. The maximum Gasteiger partial charge on any atom is 0.0429 e. The van der Waals surface area contributed by atoms with Gasteiger partial charge in [0.2, 0.25) is 0 Å². The molecule has 0 radical (unpaired) electrons. The molecule has 2 nitrogen and oxygen atoms in total. The van der Waals surface area contributed by atoms with Crippen LogP contribution in [-0.2, 0) is 6.54 Å². The minimum atomic E-state index is 0.508. The summed E-state index contributed by atoms with van der Waals surface area (Å²) in [6, 6.07) is 6.44. The molecule has 0 heterocycles. The molecule has 1 rings (SSSR count). The fourth-order valence-electron chi connectivity index (χ4n) is 1.92. The molecule has 0 saturated heterocycles. The van der Waals surface area contributed by atoms with Crippen molar-refractivity contribution in [3.8, 4) is 0 Å². The summed E-state index contributed by atoms with van der Waals surface area (Å²) >= 11 is 6.06. The Hall–Kier alpha value is -0.730. The van der Waals surface area contributed by atoms with Crippen molar-refractivity contribution < 1.29 is 0 Å². The highest BCUT2D eigenvalue weighted by molar-refractivity contribution is 6.30. The third kappa shape index (κ3) is 2.89. The molecule has 1 unspecified atom stereocenters. The molecule has 0 aromatic heterocycles. The zero-order valence-corrected chi connectivity index (χ0v) is 11.1.